The minimum absolute atomic E-state index is 0.111. The highest BCUT2D eigenvalue weighted by Crippen LogP contribution is 2.24. The Balaban J connectivity index is 1.75. The number of benzene rings is 1. The van der Waals surface area contributed by atoms with Crippen LogP contribution in [0.15, 0.2) is 40.3 Å². The van der Waals surface area contributed by atoms with Gasteiger partial charge in [0.2, 0.25) is 20.0 Å². The van der Waals surface area contributed by atoms with Gasteiger partial charge in [-0.1, -0.05) is 26.0 Å². The average Bonchev–Trinajstić information content (AvgIpc) is 3.01. The number of hydrogen-bond donors (Lipinski definition) is 0. The van der Waals surface area contributed by atoms with Crippen LogP contribution in [0.3, 0.4) is 0 Å². The Morgan fingerprint density at radius 1 is 0.893 bits per heavy atom. The Bertz CT molecular complexity index is 1050. The third-order valence-corrected chi connectivity index (χ3v) is 8.88. The maximum absolute atomic E-state index is 12.9. The molecule has 0 spiro atoms. The van der Waals surface area contributed by atoms with Gasteiger partial charge in [-0.05, 0) is 30.5 Å². The van der Waals surface area contributed by atoms with Gasteiger partial charge >= 0.3 is 0 Å². The lowest BCUT2D eigenvalue weighted by Gasteiger charge is -2.33. The molecule has 1 fully saturated rings. The molecule has 1 aliphatic rings. The zero-order chi connectivity index (χ0) is 20.7. The van der Waals surface area contributed by atoms with E-state index in [2.05, 4.69) is 5.10 Å². The molecule has 1 aromatic carbocycles. The number of nitrogens with zero attached hydrogens (tertiary/aromatic N) is 4. The fourth-order valence-corrected chi connectivity index (χ4v) is 6.34. The number of hydrogen-bond acceptors (Lipinski definition) is 5. The van der Waals surface area contributed by atoms with Crippen LogP contribution in [0, 0.1) is 6.92 Å². The van der Waals surface area contributed by atoms with Gasteiger partial charge in [0.15, 0.2) is 0 Å². The maximum atomic E-state index is 12.9. The standard InChI is InChI=1S/C18H26N4O4S2/c1-14(2)16-5-7-17(8-6-16)27(23,24)21-9-11-22(12-10-21)28(25,26)18-13-20(4)19-15(18)3/h5-8,13-14H,9-12H2,1-4H3. The van der Waals surface area contributed by atoms with Crippen molar-refractivity contribution < 1.29 is 16.8 Å². The smallest absolute Gasteiger partial charge is 0.246 e. The maximum Gasteiger partial charge on any atom is 0.246 e. The normalized spacial score (nSPS) is 17.3. The fourth-order valence-electron chi connectivity index (χ4n) is 3.29. The van der Waals surface area contributed by atoms with Crippen LogP contribution in [0.4, 0.5) is 0 Å². The van der Waals surface area contributed by atoms with Crippen molar-refractivity contribution in [1.82, 2.24) is 18.4 Å². The van der Waals surface area contributed by atoms with Crippen LogP contribution in [0.25, 0.3) is 0 Å². The topological polar surface area (TPSA) is 92.6 Å². The second kappa shape index (κ2) is 7.58. The number of aryl methyl sites for hydroxylation is 2. The van der Waals surface area contributed by atoms with Crippen molar-refractivity contribution in [2.45, 2.75) is 36.5 Å². The van der Waals surface area contributed by atoms with E-state index in [0.717, 1.165) is 5.56 Å². The molecule has 0 bridgehead atoms. The van der Waals surface area contributed by atoms with Gasteiger partial charge in [0, 0.05) is 39.4 Å². The molecule has 154 valence electrons. The van der Waals surface area contributed by atoms with E-state index in [0.29, 0.717) is 11.6 Å². The van der Waals surface area contributed by atoms with E-state index in [-0.39, 0.29) is 36.0 Å². The summed E-state index contributed by atoms with van der Waals surface area (Å²) in [6.07, 6.45) is 1.48. The first-order valence-corrected chi connectivity index (χ1v) is 12.0. The van der Waals surface area contributed by atoms with Crippen LogP contribution in [-0.2, 0) is 27.1 Å². The molecule has 28 heavy (non-hydrogen) atoms. The molecule has 1 saturated heterocycles. The van der Waals surface area contributed by atoms with Crippen LogP contribution in [0.5, 0.6) is 0 Å². The summed E-state index contributed by atoms with van der Waals surface area (Å²) < 4.78 is 55.6. The minimum atomic E-state index is -3.69. The Hall–Kier alpha value is -1.75. The van der Waals surface area contributed by atoms with Crippen LogP contribution < -0.4 is 0 Å². The molecule has 0 radical (unpaired) electrons. The number of piperazine rings is 1. The van der Waals surface area contributed by atoms with Crippen molar-refractivity contribution in [2.75, 3.05) is 26.2 Å². The Morgan fingerprint density at radius 2 is 1.39 bits per heavy atom. The van der Waals surface area contributed by atoms with Crippen molar-refractivity contribution in [3.8, 4) is 0 Å². The molecule has 8 nitrogen and oxygen atoms in total. The SMILES string of the molecule is Cc1nn(C)cc1S(=O)(=O)N1CCN(S(=O)(=O)c2ccc(C(C)C)cc2)CC1. The summed E-state index contributed by atoms with van der Waals surface area (Å²) in [5.74, 6) is 0.321. The Kier molecular flexibility index (Phi) is 5.68. The van der Waals surface area contributed by atoms with Gasteiger partial charge in [0.05, 0.1) is 10.6 Å². The van der Waals surface area contributed by atoms with Crippen molar-refractivity contribution in [1.29, 1.82) is 0 Å². The molecule has 2 heterocycles. The first-order chi connectivity index (χ1) is 13.0. The van der Waals surface area contributed by atoms with Crippen LogP contribution in [-0.4, -0.2) is 61.4 Å². The molecular weight excluding hydrogens is 400 g/mol. The lowest BCUT2D eigenvalue weighted by atomic mass is 10.0. The molecule has 0 saturated carbocycles. The van der Waals surface area contributed by atoms with E-state index in [9.17, 15) is 16.8 Å². The van der Waals surface area contributed by atoms with E-state index in [1.165, 1.54) is 19.5 Å². The highest BCUT2D eigenvalue weighted by molar-refractivity contribution is 7.89. The van der Waals surface area contributed by atoms with Crippen molar-refractivity contribution in [3.05, 3.63) is 41.7 Å². The Morgan fingerprint density at radius 3 is 1.82 bits per heavy atom. The number of rotatable bonds is 5. The second-order valence-electron chi connectivity index (χ2n) is 7.28. The zero-order valence-corrected chi connectivity index (χ0v) is 18.2. The lowest BCUT2D eigenvalue weighted by molar-refractivity contribution is 0.272. The molecule has 0 unspecified atom stereocenters. The first kappa shape index (κ1) is 21.0. The largest absolute Gasteiger partial charge is 0.274 e. The molecule has 0 N–H and O–H groups in total. The van der Waals surface area contributed by atoms with Gasteiger partial charge in [-0.15, -0.1) is 0 Å². The van der Waals surface area contributed by atoms with Crippen LogP contribution in [0.1, 0.15) is 31.0 Å². The van der Waals surface area contributed by atoms with Gasteiger partial charge in [-0.2, -0.15) is 13.7 Å². The van der Waals surface area contributed by atoms with E-state index in [1.807, 2.05) is 26.0 Å². The van der Waals surface area contributed by atoms with E-state index < -0.39 is 20.0 Å². The molecule has 10 heteroatoms. The summed E-state index contributed by atoms with van der Waals surface area (Å²) in [5.41, 5.74) is 1.50. The van der Waals surface area contributed by atoms with Crippen molar-refractivity contribution in [2.24, 2.45) is 7.05 Å². The summed E-state index contributed by atoms with van der Waals surface area (Å²) in [4.78, 5) is 0.395. The zero-order valence-electron chi connectivity index (χ0n) is 16.5. The van der Waals surface area contributed by atoms with Crippen molar-refractivity contribution in [3.63, 3.8) is 0 Å². The third kappa shape index (κ3) is 3.86. The van der Waals surface area contributed by atoms with E-state index >= 15 is 0 Å². The molecular formula is C18H26N4O4S2. The first-order valence-electron chi connectivity index (χ1n) is 9.14. The molecule has 1 aromatic heterocycles. The summed E-state index contributed by atoms with van der Waals surface area (Å²) in [6, 6.07) is 6.88. The van der Waals surface area contributed by atoms with Crippen LogP contribution in [0.2, 0.25) is 0 Å². The highest BCUT2D eigenvalue weighted by Gasteiger charge is 2.35. The van der Waals surface area contributed by atoms with Crippen molar-refractivity contribution >= 4 is 20.0 Å². The quantitative estimate of drug-likeness (QED) is 0.723. The summed E-state index contributed by atoms with van der Waals surface area (Å²) in [7, 11) is -5.67. The number of sulfonamides is 2. The van der Waals surface area contributed by atoms with E-state index in [1.54, 1.807) is 26.1 Å². The van der Waals surface area contributed by atoms with Gasteiger partial charge in [0.25, 0.3) is 0 Å². The molecule has 2 aromatic rings. The molecule has 0 atom stereocenters. The van der Waals surface area contributed by atoms with Gasteiger partial charge in [-0.25, -0.2) is 16.8 Å². The Labute approximate surface area is 166 Å². The van der Waals surface area contributed by atoms with Gasteiger partial charge in [0.1, 0.15) is 4.90 Å². The van der Waals surface area contributed by atoms with Gasteiger partial charge < -0.3 is 0 Å². The van der Waals surface area contributed by atoms with Gasteiger partial charge in [-0.3, -0.25) is 4.68 Å². The predicted octanol–water partition coefficient (Wildman–Crippen LogP) is 1.55. The fraction of sp³-hybridized carbons (Fsp3) is 0.500. The summed E-state index contributed by atoms with van der Waals surface area (Å²) >= 11 is 0. The average molecular weight is 427 g/mol. The van der Waals surface area contributed by atoms with Crippen LogP contribution >= 0.6 is 0 Å². The molecule has 0 amide bonds. The predicted molar refractivity (Wildman–Crippen MR) is 106 cm³/mol. The molecule has 3 rings (SSSR count). The number of aromatic nitrogens is 2. The monoisotopic (exact) mass is 426 g/mol. The molecule has 1 aliphatic heterocycles. The third-order valence-electron chi connectivity index (χ3n) is 4.97. The highest BCUT2D eigenvalue weighted by atomic mass is 32.2. The lowest BCUT2D eigenvalue weighted by Crippen LogP contribution is -2.50. The molecule has 0 aliphatic carbocycles. The summed E-state index contributed by atoms with van der Waals surface area (Å²) in [6.45, 7) is 6.20. The van der Waals surface area contributed by atoms with E-state index in [4.69, 9.17) is 0 Å². The minimum Gasteiger partial charge on any atom is -0.274 e. The summed E-state index contributed by atoms with van der Waals surface area (Å²) in [5, 5.41) is 4.09. The second-order valence-corrected chi connectivity index (χ2v) is 11.1.